The van der Waals surface area contributed by atoms with E-state index in [1.165, 1.54) is 0 Å². The molecule has 2 fully saturated rings. The number of nitrogens with zero attached hydrogens (tertiary/aromatic N) is 1. The van der Waals surface area contributed by atoms with Crippen LogP contribution in [0, 0.1) is 11.8 Å². The maximum atomic E-state index is 12.1. The highest BCUT2D eigenvalue weighted by Gasteiger charge is 2.53. The Labute approximate surface area is 109 Å². The molecule has 1 aliphatic heterocycles. The summed E-state index contributed by atoms with van der Waals surface area (Å²) in [7, 11) is 0. The summed E-state index contributed by atoms with van der Waals surface area (Å²) < 4.78 is 0. The highest BCUT2D eigenvalue weighted by molar-refractivity contribution is 6.07. The SMILES string of the molecule is CC(C)CCN1C(=O)NC(=O)C12CCC(C)CC2. The molecule has 1 spiro atoms. The van der Waals surface area contributed by atoms with E-state index in [2.05, 4.69) is 26.1 Å². The van der Waals surface area contributed by atoms with Crippen molar-refractivity contribution in [2.75, 3.05) is 6.54 Å². The Hall–Kier alpha value is -1.06. The monoisotopic (exact) mass is 252 g/mol. The molecule has 102 valence electrons. The van der Waals surface area contributed by atoms with Crippen molar-refractivity contribution in [2.24, 2.45) is 11.8 Å². The lowest BCUT2D eigenvalue weighted by molar-refractivity contribution is -0.128. The minimum absolute atomic E-state index is 0.0665. The molecule has 0 bridgehead atoms. The molecule has 2 aliphatic rings. The number of imide groups is 1. The van der Waals surface area contributed by atoms with Gasteiger partial charge in [0.2, 0.25) is 0 Å². The lowest BCUT2D eigenvalue weighted by Crippen LogP contribution is -2.52. The first kappa shape index (κ1) is 13.4. The highest BCUT2D eigenvalue weighted by Crippen LogP contribution is 2.39. The van der Waals surface area contributed by atoms with E-state index in [1.807, 2.05) is 0 Å². The first-order valence-electron chi connectivity index (χ1n) is 7.09. The Kier molecular flexibility index (Phi) is 3.64. The van der Waals surface area contributed by atoms with E-state index in [0.717, 1.165) is 32.1 Å². The van der Waals surface area contributed by atoms with Gasteiger partial charge in [-0.05, 0) is 43.9 Å². The predicted octanol–water partition coefficient (Wildman–Crippen LogP) is 2.53. The Morgan fingerprint density at radius 1 is 1.33 bits per heavy atom. The molecule has 1 aliphatic carbocycles. The molecule has 18 heavy (non-hydrogen) atoms. The third-order valence-corrected chi connectivity index (χ3v) is 4.44. The van der Waals surface area contributed by atoms with Crippen molar-refractivity contribution in [1.82, 2.24) is 10.2 Å². The first-order chi connectivity index (χ1) is 8.45. The Morgan fingerprint density at radius 2 is 1.94 bits per heavy atom. The second kappa shape index (κ2) is 4.90. The molecular formula is C14H24N2O2. The fraction of sp³-hybridized carbons (Fsp3) is 0.857. The van der Waals surface area contributed by atoms with E-state index in [-0.39, 0.29) is 11.9 Å². The first-order valence-corrected chi connectivity index (χ1v) is 7.09. The van der Waals surface area contributed by atoms with Gasteiger partial charge in [0.15, 0.2) is 0 Å². The molecule has 0 atom stereocenters. The van der Waals surface area contributed by atoms with Gasteiger partial charge in [-0.1, -0.05) is 20.8 Å². The Balaban J connectivity index is 2.14. The zero-order chi connectivity index (χ0) is 13.3. The zero-order valence-electron chi connectivity index (χ0n) is 11.7. The van der Waals surface area contributed by atoms with Crippen LogP contribution in [0.25, 0.3) is 0 Å². The molecule has 1 N–H and O–H groups in total. The number of rotatable bonds is 3. The summed E-state index contributed by atoms with van der Waals surface area (Å²) in [5.41, 5.74) is -0.529. The molecule has 0 aromatic heterocycles. The number of hydrogen-bond donors (Lipinski definition) is 1. The van der Waals surface area contributed by atoms with Crippen molar-refractivity contribution < 1.29 is 9.59 Å². The molecule has 1 saturated heterocycles. The standard InChI is InChI=1S/C14H24N2O2/c1-10(2)6-9-16-13(18)15-12(17)14(16)7-4-11(3)5-8-14/h10-11H,4-9H2,1-3H3,(H,15,17,18). The average Bonchev–Trinajstić information content (AvgIpc) is 2.52. The Morgan fingerprint density at radius 3 is 2.50 bits per heavy atom. The van der Waals surface area contributed by atoms with Gasteiger partial charge in [-0.2, -0.15) is 0 Å². The number of nitrogens with one attached hydrogen (secondary N) is 1. The van der Waals surface area contributed by atoms with Crippen LogP contribution in [0.3, 0.4) is 0 Å². The van der Waals surface area contributed by atoms with Crippen LogP contribution in [0.2, 0.25) is 0 Å². The molecule has 1 heterocycles. The van der Waals surface area contributed by atoms with Gasteiger partial charge < -0.3 is 4.90 Å². The van der Waals surface area contributed by atoms with Crippen LogP contribution in [-0.2, 0) is 4.79 Å². The van der Waals surface area contributed by atoms with Gasteiger partial charge in [-0.25, -0.2) is 4.79 Å². The van der Waals surface area contributed by atoms with E-state index in [9.17, 15) is 9.59 Å². The van der Waals surface area contributed by atoms with Crippen LogP contribution in [0.4, 0.5) is 4.79 Å². The van der Waals surface area contributed by atoms with E-state index in [0.29, 0.717) is 18.4 Å². The zero-order valence-corrected chi connectivity index (χ0v) is 11.7. The molecule has 4 heteroatoms. The molecule has 0 aromatic carbocycles. The maximum absolute atomic E-state index is 12.1. The van der Waals surface area contributed by atoms with Crippen molar-refractivity contribution in [2.45, 2.75) is 58.4 Å². The number of urea groups is 1. The summed E-state index contributed by atoms with van der Waals surface area (Å²) in [5, 5.41) is 2.51. The predicted molar refractivity (Wildman–Crippen MR) is 70.1 cm³/mol. The molecular weight excluding hydrogens is 228 g/mol. The molecule has 3 amide bonds. The third kappa shape index (κ3) is 2.25. The van der Waals surface area contributed by atoms with E-state index in [4.69, 9.17) is 0 Å². The van der Waals surface area contributed by atoms with Crippen molar-refractivity contribution in [3.63, 3.8) is 0 Å². The fourth-order valence-corrected chi connectivity index (χ4v) is 3.04. The van der Waals surface area contributed by atoms with Crippen LogP contribution in [-0.4, -0.2) is 28.9 Å². The van der Waals surface area contributed by atoms with Gasteiger partial charge >= 0.3 is 6.03 Å². The average molecular weight is 252 g/mol. The molecule has 0 aromatic rings. The second-order valence-electron chi connectivity index (χ2n) is 6.31. The number of carbonyl (C=O) groups excluding carboxylic acids is 2. The van der Waals surface area contributed by atoms with Crippen LogP contribution >= 0.6 is 0 Å². The van der Waals surface area contributed by atoms with E-state index >= 15 is 0 Å². The van der Waals surface area contributed by atoms with E-state index in [1.54, 1.807) is 4.90 Å². The summed E-state index contributed by atoms with van der Waals surface area (Å²) in [6.45, 7) is 7.21. The summed E-state index contributed by atoms with van der Waals surface area (Å²) in [4.78, 5) is 25.9. The highest BCUT2D eigenvalue weighted by atomic mass is 16.2. The lowest BCUT2D eigenvalue weighted by atomic mass is 9.76. The fourth-order valence-electron chi connectivity index (χ4n) is 3.04. The second-order valence-corrected chi connectivity index (χ2v) is 6.31. The number of hydrogen-bond acceptors (Lipinski definition) is 2. The van der Waals surface area contributed by atoms with Gasteiger partial charge in [0.25, 0.3) is 5.91 Å². The topological polar surface area (TPSA) is 49.4 Å². The van der Waals surface area contributed by atoms with Crippen LogP contribution in [0.15, 0.2) is 0 Å². The van der Waals surface area contributed by atoms with Gasteiger partial charge in [-0.15, -0.1) is 0 Å². The van der Waals surface area contributed by atoms with Crippen LogP contribution < -0.4 is 5.32 Å². The van der Waals surface area contributed by atoms with Gasteiger partial charge in [0, 0.05) is 6.54 Å². The van der Waals surface area contributed by atoms with Crippen LogP contribution in [0.1, 0.15) is 52.9 Å². The minimum Gasteiger partial charge on any atom is -0.310 e. The van der Waals surface area contributed by atoms with Gasteiger partial charge in [0.1, 0.15) is 5.54 Å². The third-order valence-electron chi connectivity index (χ3n) is 4.44. The smallest absolute Gasteiger partial charge is 0.310 e. The molecule has 4 nitrogen and oxygen atoms in total. The summed E-state index contributed by atoms with van der Waals surface area (Å²) in [6, 6.07) is -0.185. The maximum Gasteiger partial charge on any atom is 0.325 e. The van der Waals surface area contributed by atoms with Gasteiger partial charge in [0.05, 0.1) is 0 Å². The van der Waals surface area contributed by atoms with Crippen molar-refractivity contribution in [3.8, 4) is 0 Å². The van der Waals surface area contributed by atoms with E-state index < -0.39 is 5.54 Å². The quantitative estimate of drug-likeness (QED) is 0.785. The summed E-state index contributed by atoms with van der Waals surface area (Å²) in [5.74, 6) is 1.15. The van der Waals surface area contributed by atoms with Crippen molar-refractivity contribution in [3.05, 3.63) is 0 Å². The molecule has 0 radical (unpaired) electrons. The van der Waals surface area contributed by atoms with Gasteiger partial charge in [-0.3, -0.25) is 10.1 Å². The van der Waals surface area contributed by atoms with Crippen LogP contribution in [0.5, 0.6) is 0 Å². The lowest BCUT2D eigenvalue weighted by Gasteiger charge is -2.40. The number of amides is 3. The minimum atomic E-state index is -0.529. The number of carbonyl (C=O) groups is 2. The van der Waals surface area contributed by atoms with Crippen molar-refractivity contribution >= 4 is 11.9 Å². The van der Waals surface area contributed by atoms with Crippen molar-refractivity contribution in [1.29, 1.82) is 0 Å². The molecule has 0 unspecified atom stereocenters. The normalized spacial score (nSPS) is 32.4. The Bertz CT molecular complexity index is 344. The summed E-state index contributed by atoms with van der Waals surface area (Å²) in [6.07, 6.45) is 4.68. The molecule has 2 rings (SSSR count). The molecule has 1 saturated carbocycles. The largest absolute Gasteiger partial charge is 0.325 e. The summed E-state index contributed by atoms with van der Waals surface area (Å²) >= 11 is 0.